The molecule has 1 amide bonds. The third-order valence-corrected chi connectivity index (χ3v) is 7.26. The molecule has 1 aromatic heterocycles. The number of aromatic hydroxyl groups is 1. The number of phenols is 1. The summed E-state index contributed by atoms with van der Waals surface area (Å²) in [5.74, 6) is -0.677. The Morgan fingerprint density at radius 1 is 0.921 bits per heavy atom. The van der Waals surface area contributed by atoms with E-state index in [9.17, 15) is 23.5 Å². The minimum atomic E-state index is -0.500. The van der Waals surface area contributed by atoms with E-state index in [1.807, 2.05) is 6.92 Å². The van der Waals surface area contributed by atoms with Gasteiger partial charge in [-0.2, -0.15) is 0 Å². The number of nitrogens with zero attached hydrogens (tertiary/aromatic N) is 2. The Kier molecular flexibility index (Phi) is 7.24. The number of fused-ring (bicyclic) bond motifs is 1. The highest BCUT2D eigenvalue weighted by Gasteiger charge is 2.28. The Hall–Kier alpha value is -4.04. The Labute approximate surface area is 218 Å². The summed E-state index contributed by atoms with van der Waals surface area (Å²) < 4.78 is 32.5. The fourth-order valence-electron chi connectivity index (χ4n) is 5.20. The van der Waals surface area contributed by atoms with Gasteiger partial charge in [-0.1, -0.05) is 24.3 Å². The molecule has 0 saturated carbocycles. The molecule has 0 spiro atoms. The molecule has 4 aromatic rings. The zero-order valence-electron chi connectivity index (χ0n) is 21.0. The van der Waals surface area contributed by atoms with Crippen LogP contribution in [0.1, 0.15) is 34.7 Å². The lowest BCUT2D eigenvalue weighted by Gasteiger charge is -2.40. The van der Waals surface area contributed by atoms with E-state index in [1.165, 1.54) is 36.4 Å². The standard InChI is InChI=1S/C30H28F2N2O4/c1-19-25-11-10-24(35)18-27(25)38-30(37)26(19)12-13-28(36)33-14-16-34(17-15-33)29(20-2-6-22(31)7-3-20)21-4-8-23(32)9-5-21/h2-11,18,29,35H,12-17H2,1H3. The normalized spacial score (nSPS) is 14.4. The van der Waals surface area contributed by atoms with Crippen LogP contribution in [0.15, 0.2) is 75.9 Å². The first-order valence-corrected chi connectivity index (χ1v) is 12.6. The fourth-order valence-corrected chi connectivity index (χ4v) is 5.20. The topological polar surface area (TPSA) is 74.0 Å². The third-order valence-electron chi connectivity index (χ3n) is 7.26. The van der Waals surface area contributed by atoms with E-state index in [4.69, 9.17) is 4.42 Å². The van der Waals surface area contributed by atoms with Crippen LogP contribution in [0.5, 0.6) is 5.75 Å². The molecule has 2 heterocycles. The molecule has 1 saturated heterocycles. The fraction of sp³-hybridized carbons (Fsp3) is 0.267. The van der Waals surface area contributed by atoms with Gasteiger partial charge >= 0.3 is 5.63 Å². The molecule has 1 N–H and O–H groups in total. The van der Waals surface area contributed by atoms with Crippen molar-refractivity contribution in [1.82, 2.24) is 9.80 Å². The Bertz CT molecular complexity index is 1460. The summed E-state index contributed by atoms with van der Waals surface area (Å²) in [6, 6.07) is 17.1. The maximum absolute atomic E-state index is 13.6. The van der Waals surface area contributed by atoms with Crippen molar-refractivity contribution >= 4 is 16.9 Å². The second kappa shape index (κ2) is 10.8. The summed E-state index contributed by atoms with van der Waals surface area (Å²) in [5, 5.41) is 10.4. The van der Waals surface area contributed by atoms with Crippen LogP contribution in [0.4, 0.5) is 8.78 Å². The zero-order chi connectivity index (χ0) is 26.8. The smallest absolute Gasteiger partial charge is 0.339 e. The number of carbonyl (C=O) groups is 1. The average Bonchev–Trinajstić information content (AvgIpc) is 2.91. The lowest BCUT2D eigenvalue weighted by Crippen LogP contribution is -2.50. The van der Waals surface area contributed by atoms with Gasteiger partial charge in [-0.15, -0.1) is 0 Å². The van der Waals surface area contributed by atoms with Crippen molar-refractivity contribution in [3.8, 4) is 5.75 Å². The van der Waals surface area contributed by atoms with Gasteiger partial charge in [0.2, 0.25) is 5.91 Å². The lowest BCUT2D eigenvalue weighted by atomic mass is 9.96. The van der Waals surface area contributed by atoms with Gasteiger partial charge in [0.1, 0.15) is 23.0 Å². The van der Waals surface area contributed by atoms with Crippen LogP contribution in [-0.4, -0.2) is 47.0 Å². The van der Waals surface area contributed by atoms with E-state index in [-0.39, 0.29) is 42.2 Å². The molecule has 3 aromatic carbocycles. The van der Waals surface area contributed by atoms with Gasteiger partial charge < -0.3 is 14.4 Å². The summed E-state index contributed by atoms with van der Waals surface area (Å²) in [4.78, 5) is 29.6. The molecule has 8 heteroatoms. The highest BCUT2D eigenvalue weighted by atomic mass is 19.1. The first-order valence-electron chi connectivity index (χ1n) is 12.6. The van der Waals surface area contributed by atoms with E-state index >= 15 is 0 Å². The predicted octanol–water partition coefficient (Wildman–Crippen LogP) is 4.95. The number of hydrogen-bond donors (Lipinski definition) is 1. The van der Waals surface area contributed by atoms with Crippen molar-refractivity contribution in [3.63, 3.8) is 0 Å². The molecule has 196 valence electrons. The molecule has 0 aliphatic carbocycles. The van der Waals surface area contributed by atoms with Crippen LogP contribution in [0.25, 0.3) is 11.0 Å². The number of hydrogen-bond acceptors (Lipinski definition) is 5. The molecular weight excluding hydrogens is 490 g/mol. The van der Waals surface area contributed by atoms with E-state index in [0.717, 1.165) is 22.1 Å². The van der Waals surface area contributed by atoms with Gasteiger partial charge in [-0.3, -0.25) is 9.69 Å². The van der Waals surface area contributed by atoms with Crippen molar-refractivity contribution in [2.75, 3.05) is 26.2 Å². The van der Waals surface area contributed by atoms with E-state index in [2.05, 4.69) is 4.90 Å². The van der Waals surface area contributed by atoms with Gasteiger partial charge in [0, 0.05) is 49.6 Å². The molecule has 1 aliphatic rings. The molecule has 1 aliphatic heterocycles. The van der Waals surface area contributed by atoms with Crippen molar-refractivity contribution in [2.24, 2.45) is 0 Å². The number of phenolic OH excluding ortho intramolecular Hbond substituents is 1. The van der Waals surface area contributed by atoms with Crippen molar-refractivity contribution < 1.29 is 23.1 Å². The van der Waals surface area contributed by atoms with Crippen LogP contribution < -0.4 is 5.63 Å². The molecule has 6 nitrogen and oxygen atoms in total. The van der Waals surface area contributed by atoms with E-state index in [0.29, 0.717) is 37.3 Å². The van der Waals surface area contributed by atoms with E-state index < -0.39 is 5.63 Å². The van der Waals surface area contributed by atoms with Crippen molar-refractivity contribution in [3.05, 3.63) is 111 Å². The largest absolute Gasteiger partial charge is 0.508 e. The minimum absolute atomic E-state index is 0.0169. The molecule has 0 atom stereocenters. The highest BCUT2D eigenvalue weighted by Crippen LogP contribution is 2.30. The Morgan fingerprint density at radius 3 is 2.08 bits per heavy atom. The molecule has 1 fully saturated rings. The van der Waals surface area contributed by atoms with Crippen LogP contribution in [0.2, 0.25) is 0 Å². The molecule has 5 rings (SSSR count). The van der Waals surface area contributed by atoms with Crippen LogP contribution in [-0.2, 0) is 11.2 Å². The molecule has 0 bridgehead atoms. The molecule has 38 heavy (non-hydrogen) atoms. The highest BCUT2D eigenvalue weighted by molar-refractivity contribution is 5.82. The zero-order valence-corrected chi connectivity index (χ0v) is 21.0. The number of piperazine rings is 1. The number of benzene rings is 3. The van der Waals surface area contributed by atoms with Crippen LogP contribution in [0, 0.1) is 18.6 Å². The van der Waals surface area contributed by atoms with Gasteiger partial charge in [-0.05, 0) is 66.4 Å². The van der Waals surface area contributed by atoms with Crippen molar-refractivity contribution in [2.45, 2.75) is 25.8 Å². The lowest BCUT2D eigenvalue weighted by molar-refractivity contribution is -0.133. The van der Waals surface area contributed by atoms with Gasteiger partial charge in [0.15, 0.2) is 0 Å². The minimum Gasteiger partial charge on any atom is -0.508 e. The quantitative estimate of drug-likeness (QED) is 0.366. The first-order chi connectivity index (χ1) is 18.3. The summed E-state index contributed by atoms with van der Waals surface area (Å²) in [6.45, 7) is 4.00. The molecular formula is C30H28F2N2O4. The van der Waals surface area contributed by atoms with Gasteiger partial charge in [0.25, 0.3) is 0 Å². The predicted molar refractivity (Wildman–Crippen MR) is 140 cm³/mol. The Balaban J connectivity index is 1.27. The molecule has 0 unspecified atom stereocenters. The number of carbonyl (C=O) groups excluding carboxylic acids is 1. The average molecular weight is 519 g/mol. The maximum Gasteiger partial charge on any atom is 0.339 e. The summed E-state index contributed by atoms with van der Waals surface area (Å²) in [6.07, 6.45) is 0.437. The number of halogens is 2. The number of aryl methyl sites for hydroxylation is 1. The molecule has 0 radical (unpaired) electrons. The third kappa shape index (κ3) is 5.31. The van der Waals surface area contributed by atoms with Crippen LogP contribution in [0.3, 0.4) is 0 Å². The maximum atomic E-state index is 13.6. The SMILES string of the molecule is Cc1c(CCC(=O)N2CCN(C(c3ccc(F)cc3)c3ccc(F)cc3)CC2)c(=O)oc2cc(O)ccc12. The number of amides is 1. The number of rotatable bonds is 6. The summed E-state index contributed by atoms with van der Waals surface area (Å²) in [7, 11) is 0. The summed E-state index contributed by atoms with van der Waals surface area (Å²) in [5.41, 5.74) is 2.81. The first kappa shape index (κ1) is 25.6. The van der Waals surface area contributed by atoms with Crippen LogP contribution >= 0.6 is 0 Å². The van der Waals surface area contributed by atoms with E-state index in [1.54, 1.807) is 35.2 Å². The monoisotopic (exact) mass is 518 g/mol. The van der Waals surface area contributed by atoms with Gasteiger partial charge in [0.05, 0.1) is 6.04 Å². The second-order valence-corrected chi connectivity index (χ2v) is 9.60. The second-order valence-electron chi connectivity index (χ2n) is 9.60. The summed E-state index contributed by atoms with van der Waals surface area (Å²) >= 11 is 0. The van der Waals surface area contributed by atoms with Gasteiger partial charge in [-0.25, -0.2) is 13.6 Å². The van der Waals surface area contributed by atoms with Crippen molar-refractivity contribution in [1.29, 1.82) is 0 Å². The Morgan fingerprint density at radius 2 is 1.50 bits per heavy atom.